The molecule has 0 unspecified atom stereocenters. The number of hydrogen-bond donors (Lipinski definition) is 2. The fourth-order valence-electron chi connectivity index (χ4n) is 3.69. The summed E-state index contributed by atoms with van der Waals surface area (Å²) in [6, 6.07) is 9.26. The number of likely N-dealkylation sites (tertiary alicyclic amines) is 1. The Labute approximate surface area is 164 Å². The highest BCUT2D eigenvalue weighted by molar-refractivity contribution is 5.86. The molecule has 4 rings (SSSR count). The van der Waals surface area contributed by atoms with Crippen LogP contribution in [0.4, 0.5) is 5.95 Å². The summed E-state index contributed by atoms with van der Waals surface area (Å²) in [5, 5.41) is 13.8. The van der Waals surface area contributed by atoms with Crippen LogP contribution >= 0.6 is 0 Å². The zero-order valence-corrected chi connectivity index (χ0v) is 16.2. The molecule has 0 atom stereocenters. The van der Waals surface area contributed by atoms with Gasteiger partial charge in [-0.2, -0.15) is 0 Å². The van der Waals surface area contributed by atoms with Crippen LogP contribution in [-0.2, 0) is 6.54 Å². The summed E-state index contributed by atoms with van der Waals surface area (Å²) in [5.74, 6) is 0.902. The molecule has 7 heteroatoms. The van der Waals surface area contributed by atoms with Crippen LogP contribution in [0.5, 0.6) is 5.75 Å². The van der Waals surface area contributed by atoms with Gasteiger partial charge in [-0.15, -0.1) is 0 Å². The molecule has 1 saturated heterocycles. The molecule has 0 radical (unpaired) electrons. The van der Waals surface area contributed by atoms with E-state index in [1.54, 1.807) is 18.2 Å². The predicted octanol–water partition coefficient (Wildman–Crippen LogP) is 2.81. The first-order valence-corrected chi connectivity index (χ1v) is 9.59. The number of imidazole rings is 1. The number of carbonyl (C=O) groups is 1. The molecule has 2 aromatic heterocycles. The van der Waals surface area contributed by atoms with Crippen LogP contribution in [0.25, 0.3) is 11.0 Å². The number of carbonyl (C=O) groups excluding carboxylic acids is 1. The molecule has 28 heavy (non-hydrogen) atoms. The van der Waals surface area contributed by atoms with E-state index in [-0.39, 0.29) is 5.75 Å². The summed E-state index contributed by atoms with van der Waals surface area (Å²) in [5.41, 5.74) is 3.69. The standard InChI is InChI=1S/C21H25N5O2/c1-14-3-6-20(28)18(22-14)12-26-19-11-15(13-27)4-5-17(19)24-21(26)23-16-7-9-25(2)10-8-16/h3-6,11,13,16,28H,7-10,12H2,1-2H3,(H,23,24). The number of hydrogen-bond acceptors (Lipinski definition) is 6. The molecule has 0 bridgehead atoms. The Kier molecular flexibility index (Phi) is 5.00. The van der Waals surface area contributed by atoms with Crippen molar-refractivity contribution in [2.75, 3.05) is 25.5 Å². The molecule has 3 aromatic rings. The lowest BCUT2D eigenvalue weighted by Crippen LogP contribution is -2.37. The molecule has 3 heterocycles. The number of nitrogens with one attached hydrogen (secondary N) is 1. The fourth-order valence-corrected chi connectivity index (χ4v) is 3.69. The number of fused-ring (bicyclic) bond motifs is 1. The Morgan fingerprint density at radius 1 is 1.21 bits per heavy atom. The van der Waals surface area contributed by atoms with Crippen molar-refractivity contribution in [3.63, 3.8) is 0 Å². The van der Waals surface area contributed by atoms with E-state index in [4.69, 9.17) is 4.98 Å². The third-order valence-corrected chi connectivity index (χ3v) is 5.36. The summed E-state index contributed by atoms with van der Waals surface area (Å²) in [7, 11) is 2.14. The summed E-state index contributed by atoms with van der Waals surface area (Å²) < 4.78 is 2.00. The van der Waals surface area contributed by atoms with Crippen LogP contribution in [0.2, 0.25) is 0 Å². The molecule has 1 fully saturated rings. The lowest BCUT2D eigenvalue weighted by Gasteiger charge is -2.29. The van der Waals surface area contributed by atoms with Crippen molar-refractivity contribution in [1.82, 2.24) is 19.4 Å². The number of aryl methyl sites for hydroxylation is 1. The van der Waals surface area contributed by atoms with Gasteiger partial charge in [0, 0.05) is 17.3 Å². The largest absolute Gasteiger partial charge is 0.506 e. The van der Waals surface area contributed by atoms with Crippen molar-refractivity contribution >= 4 is 23.3 Å². The molecule has 1 aliphatic rings. The highest BCUT2D eigenvalue weighted by Gasteiger charge is 2.20. The van der Waals surface area contributed by atoms with Gasteiger partial charge in [0.2, 0.25) is 5.95 Å². The van der Waals surface area contributed by atoms with Gasteiger partial charge in [-0.25, -0.2) is 4.98 Å². The molecular weight excluding hydrogens is 354 g/mol. The highest BCUT2D eigenvalue weighted by atomic mass is 16.3. The van der Waals surface area contributed by atoms with Crippen LogP contribution in [0, 0.1) is 6.92 Å². The first-order valence-electron chi connectivity index (χ1n) is 9.59. The van der Waals surface area contributed by atoms with Crippen LogP contribution in [0.15, 0.2) is 30.3 Å². The minimum Gasteiger partial charge on any atom is -0.506 e. The predicted molar refractivity (Wildman–Crippen MR) is 109 cm³/mol. The number of pyridine rings is 1. The molecule has 2 N–H and O–H groups in total. The third-order valence-electron chi connectivity index (χ3n) is 5.36. The Hall–Kier alpha value is -2.93. The minimum absolute atomic E-state index is 0.157. The SMILES string of the molecule is Cc1ccc(O)c(Cn2c(NC3CCN(C)CC3)nc3ccc(C=O)cc32)n1. The number of rotatable bonds is 5. The van der Waals surface area contributed by atoms with Crippen LogP contribution in [0.3, 0.4) is 0 Å². The van der Waals surface area contributed by atoms with Crippen molar-refractivity contribution in [2.24, 2.45) is 0 Å². The topological polar surface area (TPSA) is 83.3 Å². The van der Waals surface area contributed by atoms with Gasteiger partial charge >= 0.3 is 0 Å². The maximum atomic E-state index is 11.3. The fraction of sp³-hybridized carbons (Fsp3) is 0.381. The number of aromatic hydroxyl groups is 1. The minimum atomic E-state index is 0.157. The molecular formula is C21H25N5O2. The lowest BCUT2D eigenvalue weighted by atomic mass is 10.1. The van der Waals surface area contributed by atoms with E-state index in [2.05, 4.69) is 22.2 Å². The lowest BCUT2D eigenvalue weighted by molar-refractivity contribution is 0.112. The molecule has 0 aliphatic carbocycles. The van der Waals surface area contributed by atoms with E-state index in [1.165, 1.54) is 0 Å². The Morgan fingerprint density at radius 2 is 2.00 bits per heavy atom. The third kappa shape index (κ3) is 3.71. The maximum absolute atomic E-state index is 11.3. The number of piperidine rings is 1. The second-order valence-corrected chi connectivity index (χ2v) is 7.53. The van der Waals surface area contributed by atoms with Crippen molar-refractivity contribution in [2.45, 2.75) is 32.4 Å². The molecule has 0 spiro atoms. The van der Waals surface area contributed by atoms with Gasteiger partial charge in [-0.3, -0.25) is 9.78 Å². The number of nitrogens with zero attached hydrogens (tertiary/aromatic N) is 4. The van der Waals surface area contributed by atoms with Gasteiger partial charge in [-0.05, 0) is 70.2 Å². The summed E-state index contributed by atoms with van der Waals surface area (Å²) in [4.78, 5) is 22.9. The maximum Gasteiger partial charge on any atom is 0.204 e. The van der Waals surface area contributed by atoms with Gasteiger partial charge in [0.05, 0.1) is 17.6 Å². The van der Waals surface area contributed by atoms with Gasteiger partial charge in [0.25, 0.3) is 0 Å². The normalized spacial score (nSPS) is 15.8. The van der Waals surface area contributed by atoms with Crippen molar-refractivity contribution in [3.05, 3.63) is 47.3 Å². The number of anilines is 1. The van der Waals surface area contributed by atoms with Gasteiger partial charge in [0.15, 0.2) is 0 Å². The zero-order chi connectivity index (χ0) is 19.7. The number of aldehydes is 1. The Bertz CT molecular complexity index is 1010. The molecule has 7 nitrogen and oxygen atoms in total. The second kappa shape index (κ2) is 7.59. The van der Waals surface area contributed by atoms with E-state index in [0.717, 1.165) is 54.9 Å². The first kappa shape index (κ1) is 18.4. The number of aromatic nitrogens is 3. The van der Waals surface area contributed by atoms with E-state index in [1.807, 2.05) is 23.6 Å². The van der Waals surface area contributed by atoms with Crippen molar-refractivity contribution < 1.29 is 9.90 Å². The van der Waals surface area contributed by atoms with E-state index in [0.29, 0.717) is 23.8 Å². The molecule has 1 aromatic carbocycles. The zero-order valence-electron chi connectivity index (χ0n) is 16.2. The summed E-state index contributed by atoms with van der Waals surface area (Å²) in [6.07, 6.45) is 2.93. The summed E-state index contributed by atoms with van der Waals surface area (Å²) in [6.45, 7) is 4.37. The second-order valence-electron chi connectivity index (χ2n) is 7.53. The molecule has 0 saturated carbocycles. The van der Waals surface area contributed by atoms with Gasteiger partial charge < -0.3 is 19.9 Å². The molecule has 1 aliphatic heterocycles. The van der Waals surface area contributed by atoms with E-state index in [9.17, 15) is 9.90 Å². The Balaban J connectivity index is 1.74. The quantitative estimate of drug-likeness (QED) is 0.664. The van der Waals surface area contributed by atoms with Gasteiger partial charge in [0.1, 0.15) is 17.7 Å². The average molecular weight is 379 g/mol. The molecule has 146 valence electrons. The Morgan fingerprint density at radius 3 is 2.75 bits per heavy atom. The first-order chi connectivity index (χ1) is 13.5. The van der Waals surface area contributed by atoms with Crippen LogP contribution in [0.1, 0.15) is 34.6 Å². The summed E-state index contributed by atoms with van der Waals surface area (Å²) >= 11 is 0. The smallest absolute Gasteiger partial charge is 0.204 e. The molecule has 0 amide bonds. The monoisotopic (exact) mass is 379 g/mol. The number of benzene rings is 1. The van der Waals surface area contributed by atoms with Crippen LogP contribution in [-0.4, -0.2) is 57.0 Å². The van der Waals surface area contributed by atoms with Crippen molar-refractivity contribution in [1.29, 1.82) is 0 Å². The van der Waals surface area contributed by atoms with Crippen molar-refractivity contribution in [3.8, 4) is 5.75 Å². The highest BCUT2D eigenvalue weighted by Crippen LogP contribution is 2.26. The van der Waals surface area contributed by atoms with E-state index >= 15 is 0 Å². The van der Waals surface area contributed by atoms with E-state index < -0.39 is 0 Å². The van der Waals surface area contributed by atoms with Crippen LogP contribution < -0.4 is 5.32 Å². The van der Waals surface area contributed by atoms with Gasteiger partial charge in [-0.1, -0.05) is 0 Å². The average Bonchev–Trinajstić information content (AvgIpc) is 3.02.